The highest BCUT2D eigenvalue weighted by Gasteiger charge is 2.16. The van der Waals surface area contributed by atoms with Crippen LogP contribution in [0, 0.1) is 6.92 Å². The van der Waals surface area contributed by atoms with Gasteiger partial charge in [0.2, 0.25) is 0 Å². The van der Waals surface area contributed by atoms with E-state index in [0.29, 0.717) is 17.8 Å². The molecule has 0 bridgehead atoms. The van der Waals surface area contributed by atoms with Gasteiger partial charge in [0.05, 0.1) is 24.6 Å². The lowest BCUT2D eigenvalue weighted by atomic mass is 10.1. The maximum atomic E-state index is 11.8. The summed E-state index contributed by atoms with van der Waals surface area (Å²) in [6.45, 7) is 2.55. The van der Waals surface area contributed by atoms with Gasteiger partial charge in [0.1, 0.15) is 5.76 Å². The molecule has 0 unspecified atom stereocenters. The second kappa shape index (κ2) is 5.69. The Labute approximate surface area is 117 Å². The van der Waals surface area contributed by atoms with E-state index in [1.807, 2.05) is 31.0 Å². The van der Waals surface area contributed by atoms with Gasteiger partial charge in [-0.25, -0.2) is 4.79 Å². The highest BCUT2D eigenvalue weighted by Crippen LogP contribution is 2.25. The minimum Gasteiger partial charge on any atom is -0.469 e. The summed E-state index contributed by atoms with van der Waals surface area (Å²) in [4.78, 5) is 13.8. The standard InChI is InChI=1S/C15H18N2O3/c1-10-11(6-7-20-10)9-17(2)14-5-4-12(16)8-13(14)15(18)19-3/h4-8H,9,16H2,1-3H3. The van der Waals surface area contributed by atoms with Gasteiger partial charge in [-0.1, -0.05) is 0 Å². The van der Waals surface area contributed by atoms with Crippen LogP contribution in [0.25, 0.3) is 0 Å². The number of anilines is 2. The molecule has 2 N–H and O–H groups in total. The Morgan fingerprint density at radius 3 is 2.75 bits per heavy atom. The van der Waals surface area contributed by atoms with Gasteiger partial charge in [0, 0.05) is 24.8 Å². The molecular weight excluding hydrogens is 256 g/mol. The maximum Gasteiger partial charge on any atom is 0.340 e. The summed E-state index contributed by atoms with van der Waals surface area (Å²) in [7, 11) is 3.26. The first-order valence-corrected chi connectivity index (χ1v) is 6.25. The second-order valence-electron chi connectivity index (χ2n) is 4.63. The normalized spacial score (nSPS) is 10.3. The van der Waals surface area contributed by atoms with E-state index in [1.165, 1.54) is 7.11 Å². The molecule has 0 saturated carbocycles. The first-order valence-electron chi connectivity index (χ1n) is 6.25. The first-order chi connectivity index (χ1) is 9.52. The molecule has 2 aromatic rings. The summed E-state index contributed by atoms with van der Waals surface area (Å²) in [6.07, 6.45) is 1.66. The van der Waals surface area contributed by atoms with Gasteiger partial charge in [-0.15, -0.1) is 0 Å². The van der Waals surface area contributed by atoms with Crippen LogP contribution in [0.4, 0.5) is 11.4 Å². The Kier molecular flexibility index (Phi) is 3.98. The van der Waals surface area contributed by atoms with Gasteiger partial charge in [-0.3, -0.25) is 0 Å². The van der Waals surface area contributed by atoms with Crippen molar-refractivity contribution in [2.45, 2.75) is 13.5 Å². The third kappa shape index (κ3) is 2.77. The number of nitrogen functional groups attached to an aromatic ring is 1. The van der Waals surface area contributed by atoms with Crippen LogP contribution >= 0.6 is 0 Å². The highest BCUT2D eigenvalue weighted by molar-refractivity contribution is 5.96. The van der Waals surface area contributed by atoms with Crippen molar-refractivity contribution in [1.29, 1.82) is 0 Å². The molecular formula is C15H18N2O3. The number of aryl methyl sites for hydroxylation is 1. The van der Waals surface area contributed by atoms with E-state index >= 15 is 0 Å². The zero-order valence-corrected chi connectivity index (χ0v) is 11.8. The van der Waals surface area contributed by atoms with Crippen LogP contribution < -0.4 is 10.6 Å². The quantitative estimate of drug-likeness (QED) is 0.685. The number of methoxy groups -OCH3 is 1. The molecule has 1 aromatic heterocycles. The Balaban J connectivity index is 2.32. The van der Waals surface area contributed by atoms with E-state index in [2.05, 4.69) is 0 Å². The number of carbonyl (C=O) groups is 1. The van der Waals surface area contributed by atoms with Crippen LogP contribution in [0.3, 0.4) is 0 Å². The lowest BCUT2D eigenvalue weighted by Crippen LogP contribution is -2.20. The van der Waals surface area contributed by atoms with Gasteiger partial charge >= 0.3 is 5.97 Å². The smallest absolute Gasteiger partial charge is 0.340 e. The van der Waals surface area contributed by atoms with E-state index in [1.54, 1.807) is 18.4 Å². The number of carbonyl (C=O) groups excluding carboxylic acids is 1. The highest BCUT2D eigenvalue weighted by atomic mass is 16.5. The molecule has 5 nitrogen and oxygen atoms in total. The molecule has 0 amide bonds. The summed E-state index contributed by atoms with van der Waals surface area (Å²) in [5, 5.41) is 0. The van der Waals surface area contributed by atoms with E-state index in [4.69, 9.17) is 14.9 Å². The fourth-order valence-electron chi connectivity index (χ4n) is 2.08. The number of furan rings is 1. The largest absolute Gasteiger partial charge is 0.469 e. The summed E-state index contributed by atoms with van der Waals surface area (Å²) in [5.74, 6) is 0.468. The molecule has 0 fully saturated rings. The number of ether oxygens (including phenoxy) is 1. The molecule has 0 spiro atoms. The van der Waals surface area contributed by atoms with Crippen molar-refractivity contribution in [1.82, 2.24) is 0 Å². The Morgan fingerprint density at radius 2 is 2.15 bits per heavy atom. The topological polar surface area (TPSA) is 68.7 Å². The average molecular weight is 274 g/mol. The van der Waals surface area contributed by atoms with Gasteiger partial charge in [-0.2, -0.15) is 0 Å². The van der Waals surface area contributed by atoms with Crippen LogP contribution in [-0.2, 0) is 11.3 Å². The zero-order chi connectivity index (χ0) is 14.7. The van der Waals surface area contributed by atoms with E-state index in [9.17, 15) is 4.79 Å². The molecule has 0 aliphatic carbocycles. The van der Waals surface area contributed by atoms with E-state index in [-0.39, 0.29) is 0 Å². The number of benzene rings is 1. The average Bonchev–Trinajstić information content (AvgIpc) is 2.83. The lowest BCUT2D eigenvalue weighted by molar-refractivity contribution is 0.0601. The molecule has 5 heteroatoms. The fraction of sp³-hybridized carbons (Fsp3) is 0.267. The molecule has 1 aromatic carbocycles. The Bertz CT molecular complexity index is 619. The molecule has 106 valence electrons. The van der Waals surface area contributed by atoms with E-state index < -0.39 is 5.97 Å². The fourth-order valence-corrected chi connectivity index (χ4v) is 2.08. The number of nitrogens with two attached hydrogens (primary N) is 1. The van der Waals surface area contributed by atoms with Gasteiger partial charge in [0.15, 0.2) is 0 Å². The van der Waals surface area contributed by atoms with Crippen molar-refractivity contribution in [2.75, 3.05) is 24.8 Å². The van der Waals surface area contributed by atoms with Crippen molar-refractivity contribution in [3.63, 3.8) is 0 Å². The van der Waals surface area contributed by atoms with Crippen LogP contribution in [0.5, 0.6) is 0 Å². The van der Waals surface area contributed by atoms with Gasteiger partial charge in [0.25, 0.3) is 0 Å². The number of nitrogens with zero attached hydrogens (tertiary/aromatic N) is 1. The van der Waals surface area contributed by atoms with E-state index in [0.717, 1.165) is 17.0 Å². The van der Waals surface area contributed by atoms with Crippen LogP contribution in [0.2, 0.25) is 0 Å². The second-order valence-corrected chi connectivity index (χ2v) is 4.63. The Morgan fingerprint density at radius 1 is 1.40 bits per heavy atom. The number of hydrogen-bond donors (Lipinski definition) is 1. The summed E-state index contributed by atoms with van der Waals surface area (Å²) in [6, 6.07) is 7.12. The van der Waals surface area contributed by atoms with Crippen molar-refractivity contribution >= 4 is 17.3 Å². The molecule has 1 heterocycles. The molecule has 0 aliphatic rings. The minimum absolute atomic E-state index is 0.400. The third-order valence-electron chi connectivity index (χ3n) is 3.21. The molecule has 2 rings (SSSR count). The Hall–Kier alpha value is -2.43. The third-order valence-corrected chi connectivity index (χ3v) is 3.21. The summed E-state index contributed by atoms with van der Waals surface area (Å²) in [5.41, 5.74) is 8.56. The van der Waals surface area contributed by atoms with Crippen LogP contribution in [0.1, 0.15) is 21.7 Å². The van der Waals surface area contributed by atoms with Crippen molar-refractivity contribution in [3.8, 4) is 0 Å². The lowest BCUT2D eigenvalue weighted by Gasteiger charge is -2.21. The molecule has 0 atom stereocenters. The van der Waals surface area contributed by atoms with Crippen molar-refractivity contribution in [3.05, 3.63) is 47.4 Å². The van der Waals surface area contributed by atoms with Gasteiger partial charge in [-0.05, 0) is 31.2 Å². The molecule has 0 aliphatic heterocycles. The number of esters is 1. The maximum absolute atomic E-state index is 11.8. The predicted molar refractivity (Wildman–Crippen MR) is 77.7 cm³/mol. The summed E-state index contributed by atoms with van der Waals surface area (Å²) < 4.78 is 10.1. The van der Waals surface area contributed by atoms with Crippen LogP contribution in [0.15, 0.2) is 34.9 Å². The monoisotopic (exact) mass is 274 g/mol. The first kappa shape index (κ1) is 14.0. The zero-order valence-electron chi connectivity index (χ0n) is 11.8. The van der Waals surface area contributed by atoms with Crippen molar-refractivity contribution in [2.24, 2.45) is 0 Å². The SMILES string of the molecule is COC(=O)c1cc(N)ccc1N(C)Cc1ccoc1C. The molecule has 0 saturated heterocycles. The van der Waals surface area contributed by atoms with Crippen LogP contribution in [-0.4, -0.2) is 20.1 Å². The molecule has 20 heavy (non-hydrogen) atoms. The molecule has 0 radical (unpaired) electrons. The number of hydrogen-bond acceptors (Lipinski definition) is 5. The predicted octanol–water partition coefficient (Wildman–Crippen LogP) is 2.59. The van der Waals surface area contributed by atoms with Gasteiger partial charge < -0.3 is 19.8 Å². The number of rotatable bonds is 4. The minimum atomic E-state index is -0.400. The van der Waals surface area contributed by atoms with Crippen molar-refractivity contribution < 1.29 is 13.9 Å². The summed E-state index contributed by atoms with van der Waals surface area (Å²) >= 11 is 0.